The first-order chi connectivity index (χ1) is 11.0. The fourth-order valence-corrected chi connectivity index (χ4v) is 2.86. The minimum atomic E-state index is -0.243. The third-order valence-electron chi connectivity index (χ3n) is 4.16. The minimum Gasteiger partial charge on any atom is -0.493 e. The van der Waals surface area contributed by atoms with E-state index < -0.39 is 0 Å². The first-order valence-electron chi connectivity index (χ1n) is 7.36. The smallest absolute Gasteiger partial charge is 0.220 e. The fourth-order valence-electron chi connectivity index (χ4n) is 2.86. The highest BCUT2D eigenvalue weighted by Gasteiger charge is 2.20. The minimum absolute atomic E-state index is 0.243. The number of halogens is 1. The Morgan fingerprint density at radius 2 is 1.52 bits per heavy atom. The third kappa shape index (κ3) is 2.61. The van der Waals surface area contributed by atoms with Gasteiger partial charge in [0.15, 0.2) is 17.2 Å². The normalized spacial score (nSPS) is 10.8. The molecule has 0 atom stereocenters. The number of hydrogen-bond donors (Lipinski definition) is 0. The van der Waals surface area contributed by atoms with Gasteiger partial charge in [0.1, 0.15) is 12.9 Å². The molecule has 0 saturated heterocycles. The molecule has 1 aromatic heterocycles. The molecule has 2 aromatic carbocycles. The van der Waals surface area contributed by atoms with Crippen LogP contribution in [0.25, 0.3) is 22.0 Å². The number of aromatic nitrogens is 1. The maximum absolute atomic E-state index is 13.3. The molecule has 0 bridgehead atoms. The summed E-state index contributed by atoms with van der Waals surface area (Å²) in [5.41, 5.74) is 3.07. The number of pyridine rings is 1. The SMILES string of the molecule is COc1cc2cc(C)[n+](C)c(-c3ccc(F)cc3)c2cc1OC. The first-order valence-corrected chi connectivity index (χ1v) is 7.36. The Bertz CT molecular complexity index is 873. The first kappa shape index (κ1) is 15.3. The number of aryl methyl sites for hydroxylation is 1. The molecule has 118 valence electrons. The summed E-state index contributed by atoms with van der Waals surface area (Å²) in [4.78, 5) is 0. The lowest BCUT2D eigenvalue weighted by atomic mass is 10.0. The van der Waals surface area contributed by atoms with Crippen molar-refractivity contribution in [3.8, 4) is 22.8 Å². The summed E-state index contributed by atoms with van der Waals surface area (Å²) < 4.78 is 26.2. The topological polar surface area (TPSA) is 22.3 Å². The predicted octanol–water partition coefficient (Wildman–Crippen LogP) is 3.80. The quantitative estimate of drug-likeness (QED) is 0.687. The van der Waals surface area contributed by atoms with E-state index in [2.05, 4.69) is 10.6 Å². The van der Waals surface area contributed by atoms with Crippen LogP contribution in [0.5, 0.6) is 11.5 Å². The van der Waals surface area contributed by atoms with Gasteiger partial charge in [-0.25, -0.2) is 4.39 Å². The Morgan fingerprint density at radius 1 is 0.913 bits per heavy atom. The van der Waals surface area contributed by atoms with Crippen LogP contribution in [0.4, 0.5) is 4.39 Å². The Balaban J connectivity index is 2.38. The molecule has 0 aliphatic rings. The summed E-state index contributed by atoms with van der Waals surface area (Å²) in [7, 11) is 5.25. The van der Waals surface area contributed by atoms with Crippen LogP contribution in [0.2, 0.25) is 0 Å². The van der Waals surface area contributed by atoms with E-state index in [1.165, 1.54) is 12.1 Å². The van der Waals surface area contributed by atoms with E-state index in [-0.39, 0.29) is 5.82 Å². The molecule has 0 spiro atoms. The molecule has 3 rings (SSSR count). The zero-order chi connectivity index (χ0) is 16.6. The predicted molar refractivity (Wildman–Crippen MR) is 88.4 cm³/mol. The molecule has 0 amide bonds. The number of methoxy groups -OCH3 is 2. The molecule has 0 unspecified atom stereocenters. The number of fused-ring (bicyclic) bond motifs is 1. The highest BCUT2D eigenvalue weighted by atomic mass is 19.1. The van der Waals surface area contributed by atoms with Crippen LogP contribution in [0.1, 0.15) is 5.69 Å². The van der Waals surface area contributed by atoms with Crippen molar-refractivity contribution in [1.82, 2.24) is 0 Å². The lowest BCUT2D eigenvalue weighted by molar-refractivity contribution is -0.665. The second-order valence-corrected chi connectivity index (χ2v) is 5.49. The molecule has 0 aliphatic carbocycles. The molecule has 0 N–H and O–H groups in total. The van der Waals surface area contributed by atoms with Crippen LogP contribution < -0.4 is 14.0 Å². The summed E-state index contributed by atoms with van der Waals surface area (Å²) in [5.74, 6) is 1.12. The second kappa shape index (κ2) is 5.88. The Labute approximate surface area is 134 Å². The fraction of sp³-hybridized carbons (Fsp3) is 0.211. The molecule has 0 aliphatic heterocycles. The average molecular weight is 312 g/mol. The maximum Gasteiger partial charge on any atom is 0.220 e. The monoisotopic (exact) mass is 312 g/mol. The summed E-state index contributed by atoms with van der Waals surface area (Å²) in [6, 6.07) is 12.6. The van der Waals surface area contributed by atoms with Crippen LogP contribution in [0, 0.1) is 12.7 Å². The van der Waals surface area contributed by atoms with Gasteiger partial charge in [0.05, 0.1) is 19.6 Å². The lowest BCUT2D eigenvalue weighted by Crippen LogP contribution is -2.34. The largest absolute Gasteiger partial charge is 0.493 e. The third-order valence-corrected chi connectivity index (χ3v) is 4.16. The van der Waals surface area contributed by atoms with Crippen molar-refractivity contribution < 1.29 is 18.4 Å². The van der Waals surface area contributed by atoms with Crippen molar-refractivity contribution in [3.05, 3.63) is 54.0 Å². The number of nitrogens with zero attached hydrogens (tertiary/aromatic N) is 1. The van der Waals surface area contributed by atoms with Gasteiger partial charge in [-0.15, -0.1) is 0 Å². The van der Waals surface area contributed by atoms with Gasteiger partial charge in [-0.1, -0.05) is 0 Å². The van der Waals surface area contributed by atoms with Gasteiger partial charge in [0, 0.05) is 18.6 Å². The van der Waals surface area contributed by atoms with Gasteiger partial charge in [-0.2, -0.15) is 4.57 Å². The van der Waals surface area contributed by atoms with E-state index in [1.54, 1.807) is 26.4 Å². The standard InChI is InChI=1S/C19H19FNO2/c1-12-9-14-10-17(22-3)18(23-4)11-16(14)19(21(12)2)13-5-7-15(20)8-6-13/h5-11H,1-4H3/q+1. The summed E-state index contributed by atoms with van der Waals surface area (Å²) in [5, 5.41) is 2.08. The summed E-state index contributed by atoms with van der Waals surface area (Å²) in [6.45, 7) is 2.04. The van der Waals surface area contributed by atoms with Crippen molar-refractivity contribution in [3.63, 3.8) is 0 Å². The molecule has 1 heterocycles. The van der Waals surface area contributed by atoms with Gasteiger partial charge in [-0.3, -0.25) is 0 Å². The molecular weight excluding hydrogens is 293 g/mol. The second-order valence-electron chi connectivity index (χ2n) is 5.49. The maximum atomic E-state index is 13.3. The van der Waals surface area contributed by atoms with E-state index in [4.69, 9.17) is 9.47 Å². The molecule has 0 saturated carbocycles. The van der Waals surface area contributed by atoms with Crippen LogP contribution in [-0.4, -0.2) is 14.2 Å². The number of rotatable bonds is 3. The van der Waals surface area contributed by atoms with Crippen molar-refractivity contribution in [2.75, 3.05) is 14.2 Å². The summed E-state index contributed by atoms with van der Waals surface area (Å²) in [6.07, 6.45) is 0. The Hall–Kier alpha value is -2.62. The van der Waals surface area contributed by atoms with Gasteiger partial charge in [0.25, 0.3) is 0 Å². The van der Waals surface area contributed by atoms with Crippen molar-refractivity contribution in [2.24, 2.45) is 7.05 Å². The van der Waals surface area contributed by atoms with Crippen molar-refractivity contribution >= 4 is 10.8 Å². The molecular formula is C19H19FNO2+. The zero-order valence-corrected chi connectivity index (χ0v) is 13.7. The molecule has 3 aromatic rings. The molecule has 4 heteroatoms. The van der Waals surface area contributed by atoms with E-state index in [0.717, 1.165) is 27.7 Å². The van der Waals surface area contributed by atoms with Gasteiger partial charge < -0.3 is 9.47 Å². The average Bonchev–Trinajstić information content (AvgIpc) is 2.56. The summed E-state index contributed by atoms with van der Waals surface area (Å²) >= 11 is 0. The highest BCUT2D eigenvalue weighted by molar-refractivity contribution is 5.95. The zero-order valence-electron chi connectivity index (χ0n) is 13.7. The van der Waals surface area contributed by atoms with Gasteiger partial charge >= 0.3 is 0 Å². The molecule has 3 nitrogen and oxygen atoms in total. The van der Waals surface area contributed by atoms with E-state index in [1.807, 2.05) is 26.1 Å². The van der Waals surface area contributed by atoms with Crippen LogP contribution in [-0.2, 0) is 7.05 Å². The Kier molecular flexibility index (Phi) is 3.90. The van der Waals surface area contributed by atoms with E-state index >= 15 is 0 Å². The highest BCUT2D eigenvalue weighted by Crippen LogP contribution is 2.35. The molecule has 0 fully saturated rings. The number of ether oxygens (including phenoxy) is 2. The van der Waals surface area contributed by atoms with Gasteiger partial charge in [-0.05, 0) is 41.8 Å². The molecule has 23 heavy (non-hydrogen) atoms. The van der Waals surface area contributed by atoms with Crippen molar-refractivity contribution in [2.45, 2.75) is 6.92 Å². The van der Waals surface area contributed by atoms with Crippen LogP contribution in [0.15, 0.2) is 42.5 Å². The van der Waals surface area contributed by atoms with Crippen LogP contribution in [0.3, 0.4) is 0 Å². The number of hydrogen-bond acceptors (Lipinski definition) is 2. The van der Waals surface area contributed by atoms with E-state index in [0.29, 0.717) is 11.5 Å². The lowest BCUT2D eigenvalue weighted by Gasteiger charge is -2.12. The van der Waals surface area contributed by atoms with Gasteiger partial charge in [0.2, 0.25) is 5.69 Å². The molecule has 0 radical (unpaired) electrons. The number of benzene rings is 2. The van der Waals surface area contributed by atoms with Crippen LogP contribution >= 0.6 is 0 Å². The Morgan fingerprint density at radius 3 is 2.13 bits per heavy atom. The van der Waals surface area contributed by atoms with Crippen molar-refractivity contribution in [1.29, 1.82) is 0 Å². The van der Waals surface area contributed by atoms with E-state index in [9.17, 15) is 4.39 Å².